The third-order valence-electron chi connectivity index (χ3n) is 3.32. The van der Waals surface area contributed by atoms with E-state index >= 15 is 0 Å². The van der Waals surface area contributed by atoms with Crippen LogP contribution in [0.2, 0.25) is 0 Å². The minimum atomic E-state index is -3.45. The lowest BCUT2D eigenvalue weighted by molar-refractivity contribution is -0.0303. The number of rotatable bonds is 2. The van der Waals surface area contributed by atoms with Gasteiger partial charge in [0.15, 0.2) is 0 Å². The van der Waals surface area contributed by atoms with Gasteiger partial charge in [0.05, 0.1) is 38.5 Å². The standard InChI is InChI=1S/C9H17NO5S.C8H15NO3.FH/c1-9(2,3)14-8(11)10-5-7(6-10)15-16(4,12)13;1-8(2,3)12-7(11)9-4-6(10)5-9;/h7H,5-6H2,1-4H3;6,10H,4-5H2,1-3H3;1H/p-1. The lowest BCUT2D eigenvalue weighted by atomic mass is 10.2. The second-order valence-corrected chi connectivity index (χ2v) is 10.4. The molecule has 2 saturated heterocycles. The van der Waals surface area contributed by atoms with Crippen LogP contribution in [0.1, 0.15) is 41.5 Å². The molecular formula is C17H32FN2O8S-. The van der Waals surface area contributed by atoms with E-state index < -0.39 is 33.5 Å². The molecule has 2 aliphatic rings. The van der Waals surface area contributed by atoms with Gasteiger partial charge < -0.3 is 29.1 Å². The summed E-state index contributed by atoms with van der Waals surface area (Å²) in [5, 5.41) is 8.92. The van der Waals surface area contributed by atoms with Gasteiger partial charge in [-0.3, -0.25) is 4.18 Å². The Morgan fingerprint density at radius 2 is 1.21 bits per heavy atom. The molecule has 0 spiro atoms. The predicted molar refractivity (Wildman–Crippen MR) is 101 cm³/mol. The van der Waals surface area contributed by atoms with Gasteiger partial charge >= 0.3 is 12.2 Å². The zero-order chi connectivity index (χ0) is 21.9. The van der Waals surface area contributed by atoms with Crippen LogP contribution in [0.5, 0.6) is 0 Å². The van der Waals surface area contributed by atoms with E-state index in [9.17, 15) is 18.0 Å². The maximum atomic E-state index is 11.5. The Balaban J connectivity index is 0.000000542. The molecule has 1 N–H and O–H groups in total. The molecule has 0 bridgehead atoms. The van der Waals surface area contributed by atoms with Crippen LogP contribution in [-0.2, 0) is 23.8 Å². The summed E-state index contributed by atoms with van der Waals surface area (Å²) in [5.74, 6) is 0. The Morgan fingerprint density at radius 1 is 0.862 bits per heavy atom. The number of ether oxygens (including phenoxy) is 2. The molecule has 0 aromatic rings. The van der Waals surface area contributed by atoms with Gasteiger partial charge in [-0.1, -0.05) is 0 Å². The van der Waals surface area contributed by atoms with E-state index in [0.29, 0.717) is 13.1 Å². The molecular weight excluding hydrogens is 411 g/mol. The van der Waals surface area contributed by atoms with Crippen molar-refractivity contribution >= 4 is 22.3 Å². The van der Waals surface area contributed by atoms with Crippen molar-refractivity contribution < 1.29 is 41.5 Å². The molecule has 2 aliphatic heterocycles. The van der Waals surface area contributed by atoms with Crippen molar-refractivity contribution in [3.63, 3.8) is 0 Å². The number of β-amino-alcohol motifs (C(OH)–C–C–N with tert-alkyl or cyclic N) is 1. The van der Waals surface area contributed by atoms with Crippen molar-refractivity contribution in [1.82, 2.24) is 9.80 Å². The summed E-state index contributed by atoms with van der Waals surface area (Å²) in [4.78, 5) is 25.5. The molecule has 0 saturated carbocycles. The highest BCUT2D eigenvalue weighted by Gasteiger charge is 2.36. The highest BCUT2D eigenvalue weighted by Crippen LogP contribution is 2.18. The van der Waals surface area contributed by atoms with Gasteiger partial charge in [0.1, 0.15) is 17.3 Å². The molecule has 0 aromatic heterocycles. The van der Waals surface area contributed by atoms with Gasteiger partial charge in [-0.05, 0) is 41.5 Å². The van der Waals surface area contributed by atoms with Crippen LogP contribution in [0.4, 0.5) is 9.59 Å². The molecule has 0 unspecified atom stereocenters. The van der Waals surface area contributed by atoms with E-state index in [1.54, 1.807) is 20.8 Å². The number of hydrogen-bond acceptors (Lipinski definition) is 8. The highest BCUT2D eigenvalue weighted by molar-refractivity contribution is 7.86. The first-order chi connectivity index (χ1) is 12.5. The van der Waals surface area contributed by atoms with E-state index in [1.807, 2.05) is 20.8 Å². The van der Waals surface area contributed by atoms with Crippen LogP contribution >= 0.6 is 0 Å². The monoisotopic (exact) mass is 443 g/mol. The minimum absolute atomic E-state index is 0. The van der Waals surface area contributed by atoms with E-state index in [-0.39, 0.29) is 30.0 Å². The molecule has 12 heteroatoms. The van der Waals surface area contributed by atoms with Crippen molar-refractivity contribution in [1.29, 1.82) is 0 Å². The normalized spacial score (nSPS) is 17.8. The van der Waals surface area contributed by atoms with Gasteiger partial charge in [-0.25, -0.2) is 9.59 Å². The third-order valence-corrected chi connectivity index (χ3v) is 3.95. The SMILES string of the molecule is CC(C)(C)OC(=O)N1CC(O)C1.CC(C)(C)OC(=O)N1CC(OS(C)(=O)=O)C1.[F-]. The van der Waals surface area contributed by atoms with Crippen molar-refractivity contribution in [2.45, 2.75) is 65.0 Å². The van der Waals surface area contributed by atoms with Gasteiger partial charge in [-0.15, -0.1) is 0 Å². The van der Waals surface area contributed by atoms with E-state index in [0.717, 1.165) is 6.26 Å². The van der Waals surface area contributed by atoms with E-state index in [2.05, 4.69) is 0 Å². The fourth-order valence-electron chi connectivity index (χ4n) is 2.15. The van der Waals surface area contributed by atoms with Gasteiger partial charge in [-0.2, -0.15) is 8.42 Å². The summed E-state index contributed by atoms with van der Waals surface area (Å²) in [7, 11) is -3.45. The summed E-state index contributed by atoms with van der Waals surface area (Å²) in [6.07, 6.45) is -0.600. The van der Waals surface area contributed by atoms with Crippen LogP contribution in [0.25, 0.3) is 0 Å². The molecule has 2 heterocycles. The number of aliphatic hydroxyl groups is 1. The number of hydrogen-bond donors (Lipinski definition) is 1. The Labute approximate surface area is 171 Å². The molecule has 2 amide bonds. The molecule has 0 aliphatic carbocycles. The number of carbonyl (C=O) groups is 2. The topological polar surface area (TPSA) is 123 Å². The van der Waals surface area contributed by atoms with Crippen molar-refractivity contribution in [3.8, 4) is 0 Å². The average Bonchev–Trinajstić information content (AvgIpc) is 2.34. The number of nitrogens with zero attached hydrogens (tertiary/aromatic N) is 2. The van der Waals surface area contributed by atoms with E-state index in [4.69, 9.17) is 18.8 Å². The van der Waals surface area contributed by atoms with E-state index in [1.165, 1.54) is 9.80 Å². The van der Waals surface area contributed by atoms with Crippen LogP contribution in [-0.4, -0.2) is 91.4 Å². The first-order valence-corrected chi connectivity index (χ1v) is 10.8. The first kappa shape index (κ1) is 27.3. The van der Waals surface area contributed by atoms with Crippen LogP contribution in [0.15, 0.2) is 0 Å². The number of aliphatic hydroxyl groups excluding tert-OH is 1. The Kier molecular flexibility index (Phi) is 9.33. The Bertz CT molecular complexity index is 660. The van der Waals surface area contributed by atoms with Crippen molar-refractivity contribution in [2.75, 3.05) is 32.4 Å². The first-order valence-electron chi connectivity index (χ1n) is 8.97. The smallest absolute Gasteiger partial charge is 0.410 e. The van der Waals surface area contributed by atoms with Crippen LogP contribution in [0, 0.1) is 0 Å². The molecule has 0 radical (unpaired) electrons. The fourth-order valence-corrected chi connectivity index (χ4v) is 2.77. The third kappa shape index (κ3) is 11.2. The Hall–Kier alpha value is -1.66. The lowest BCUT2D eigenvalue weighted by Crippen LogP contribution is -3.00. The molecule has 2 fully saturated rings. The summed E-state index contributed by atoms with van der Waals surface area (Å²) >= 11 is 0. The quantitative estimate of drug-likeness (QED) is 0.495. The number of amides is 2. The molecule has 2 rings (SSSR count). The van der Waals surface area contributed by atoms with Crippen LogP contribution < -0.4 is 4.70 Å². The molecule has 172 valence electrons. The predicted octanol–water partition coefficient (Wildman–Crippen LogP) is -1.82. The van der Waals surface area contributed by atoms with Crippen molar-refractivity contribution in [2.24, 2.45) is 0 Å². The molecule has 0 aromatic carbocycles. The lowest BCUT2D eigenvalue weighted by Gasteiger charge is -2.38. The van der Waals surface area contributed by atoms with Gasteiger partial charge in [0.2, 0.25) is 0 Å². The number of carbonyl (C=O) groups excluding carboxylic acids is 2. The summed E-state index contributed by atoms with van der Waals surface area (Å²) in [5.41, 5.74) is -0.989. The average molecular weight is 444 g/mol. The summed E-state index contributed by atoms with van der Waals surface area (Å²) in [6, 6.07) is 0. The fraction of sp³-hybridized carbons (Fsp3) is 0.882. The van der Waals surface area contributed by atoms with Gasteiger partial charge in [0.25, 0.3) is 10.1 Å². The zero-order valence-corrected chi connectivity index (χ0v) is 18.8. The molecule has 29 heavy (non-hydrogen) atoms. The largest absolute Gasteiger partial charge is 1.00 e. The maximum absolute atomic E-state index is 11.5. The number of halogens is 1. The van der Waals surface area contributed by atoms with Gasteiger partial charge in [0, 0.05) is 0 Å². The molecule has 10 nitrogen and oxygen atoms in total. The molecule has 0 atom stereocenters. The minimum Gasteiger partial charge on any atom is -1.00 e. The second kappa shape index (κ2) is 9.90. The number of likely N-dealkylation sites (tertiary alicyclic amines) is 2. The van der Waals surface area contributed by atoms with Crippen molar-refractivity contribution in [3.05, 3.63) is 0 Å². The summed E-state index contributed by atoms with van der Waals surface area (Å²) < 4.78 is 36.4. The highest BCUT2D eigenvalue weighted by atomic mass is 32.2. The zero-order valence-electron chi connectivity index (χ0n) is 18.0. The maximum Gasteiger partial charge on any atom is 0.410 e. The van der Waals surface area contributed by atoms with Crippen LogP contribution in [0.3, 0.4) is 0 Å². The summed E-state index contributed by atoms with van der Waals surface area (Å²) in [6.45, 7) is 12.1. The second-order valence-electron chi connectivity index (χ2n) is 8.85. The Morgan fingerprint density at radius 3 is 1.48 bits per heavy atom.